The molecule has 0 aliphatic carbocycles. The highest BCUT2D eigenvalue weighted by atomic mass is 35.5. The Labute approximate surface area is 125 Å². The third kappa shape index (κ3) is 5.41. The summed E-state index contributed by atoms with van der Waals surface area (Å²) in [5.74, 6) is -1.72. The topological polar surface area (TPSA) is 15.3 Å². The molecule has 1 aromatic rings. The van der Waals surface area contributed by atoms with Crippen LogP contribution in [0.15, 0.2) is 18.2 Å². The van der Waals surface area contributed by atoms with E-state index in [4.69, 9.17) is 0 Å². The molecule has 1 atom stereocenters. The first-order valence-electron chi connectivity index (χ1n) is 6.33. The van der Waals surface area contributed by atoms with Gasteiger partial charge in [0.2, 0.25) is 0 Å². The van der Waals surface area contributed by atoms with Crippen molar-refractivity contribution in [2.45, 2.75) is 18.6 Å². The maximum absolute atomic E-state index is 13.2. The van der Waals surface area contributed by atoms with Gasteiger partial charge in [-0.2, -0.15) is 13.2 Å². The van der Waals surface area contributed by atoms with E-state index in [0.29, 0.717) is 32.2 Å². The first-order chi connectivity index (χ1) is 9.35. The van der Waals surface area contributed by atoms with Gasteiger partial charge in [-0.15, -0.1) is 12.4 Å². The van der Waals surface area contributed by atoms with Crippen molar-refractivity contribution < 1.29 is 22.0 Å². The van der Waals surface area contributed by atoms with Gasteiger partial charge in [-0.05, 0) is 17.7 Å². The average molecular weight is 331 g/mol. The second-order valence-corrected chi connectivity index (χ2v) is 4.82. The number of hydrogen-bond donors (Lipinski definition) is 1. The smallest absolute Gasteiger partial charge is 0.314 e. The molecule has 0 saturated carbocycles. The highest BCUT2D eigenvalue weighted by Gasteiger charge is 2.36. The molecule has 1 saturated heterocycles. The van der Waals surface area contributed by atoms with Gasteiger partial charge in [0.1, 0.15) is 11.6 Å². The normalized spacial score (nSPS) is 18.1. The van der Waals surface area contributed by atoms with Crippen LogP contribution in [0.4, 0.5) is 22.0 Å². The van der Waals surface area contributed by atoms with Crippen molar-refractivity contribution in [3.63, 3.8) is 0 Å². The highest BCUT2D eigenvalue weighted by molar-refractivity contribution is 5.85. The van der Waals surface area contributed by atoms with Crippen LogP contribution in [0.25, 0.3) is 0 Å². The molecule has 1 fully saturated rings. The van der Waals surface area contributed by atoms with Crippen molar-refractivity contribution in [1.82, 2.24) is 10.2 Å². The Bertz CT molecular complexity index is 440. The molecule has 8 heteroatoms. The van der Waals surface area contributed by atoms with Crippen LogP contribution in [0.2, 0.25) is 0 Å². The molecule has 0 radical (unpaired) electrons. The Balaban J connectivity index is 0.00000220. The Morgan fingerprint density at radius 3 is 2.05 bits per heavy atom. The maximum Gasteiger partial charge on any atom is 0.390 e. The molecule has 0 spiro atoms. The van der Waals surface area contributed by atoms with Gasteiger partial charge in [-0.3, -0.25) is 4.90 Å². The van der Waals surface area contributed by atoms with Crippen LogP contribution < -0.4 is 5.32 Å². The Hall–Kier alpha value is -0.920. The van der Waals surface area contributed by atoms with Crippen molar-refractivity contribution >= 4 is 12.4 Å². The molecule has 1 aromatic carbocycles. The average Bonchev–Trinajstić information content (AvgIpc) is 2.35. The summed E-state index contributed by atoms with van der Waals surface area (Å²) in [5, 5.41) is 3.04. The van der Waals surface area contributed by atoms with E-state index >= 15 is 0 Å². The molecule has 1 aliphatic rings. The van der Waals surface area contributed by atoms with Crippen molar-refractivity contribution in [2.24, 2.45) is 0 Å². The number of alkyl halides is 3. The Morgan fingerprint density at radius 2 is 1.57 bits per heavy atom. The van der Waals surface area contributed by atoms with Gasteiger partial charge in [0.05, 0.1) is 6.42 Å². The van der Waals surface area contributed by atoms with Gasteiger partial charge in [0.15, 0.2) is 0 Å². The number of benzene rings is 1. The van der Waals surface area contributed by atoms with E-state index in [1.54, 1.807) is 4.90 Å². The molecule has 0 aromatic heterocycles. The van der Waals surface area contributed by atoms with Crippen LogP contribution in [0, 0.1) is 11.6 Å². The largest absolute Gasteiger partial charge is 0.390 e. The fourth-order valence-electron chi connectivity index (χ4n) is 2.44. The summed E-state index contributed by atoms with van der Waals surface area (Å²) >= 11 is 0. The molecule has 0 bridgehead atoms. The van der Waals surface area contributed by atoms with Crippen molar-refractivity contribution in [3.05, 3.63) is 35.4 Å². The van der Waals surface area contributed by atoms with Crippen molar-refractivity contribution in [1.29, 1.82) is 0 Å². The molecule has 0 amide bonds. The summed E-state index contributed by atoms with van der Waals surface area (Å²) in [7, 11) is 0. The minimum Gasteiger partial charge on any atom is -0.314 e. The Kier molecular flexibility index (Phi) is 6.37. The zero-order valence-electron chi connectivity index (χ0n) is 11.1. The molecule has 1 aliphatic heterocycles. The van der Waals surface area contributed by atoms with E-state index in [0.717, 1.165) is 12.1 Å². The highest BCUT2D eigenvalue weighted by Crippen LogP contribution is 2.34. The van der Waals surface area contributed by atoms with E-state index < -0.39 is 30.3 Å². The minimum atomic E-state index is -4.39. The van der Waals surface area contributed by atoms with Crippen LogP contribution in [0.3, 0.4) is 0 Å². The van der Waals surface area contributed by atoms with Gasteiger partial charge in [0, 0.05) is 38.3 Å². The van der Waals surface area contributed by atoms with E-state index in [-0.39, 0.29) is 18.0 Å². The Morgan fingerprint density at radius 1 is 1.05 bits per heavy atom. The van der Waals surface area contributed by atoms with E-state index in [1.165, 1.54) is 0 Å². The second kappa shape index (κ2) is 7.38. The second-order valence-electron chi connectivity index (χ2n) is 4.82. The summed E-state index contributed by atoms with van der Waals surface area (Å²) in [6, 6.07) is 1.55. The number of nitrogens with one attached hydrogen (secondary N) is 1. The molecule has 21 heavy (non-hydrogen) atoms. The summed E-state index contributed by atoms with van der Waals surface area (Å²) in [6.45, 7) is 1.95. The molecular formula is C13H16ClF5N2. The van der Waals surface area contributed by atoms with Crippen LogP contribution in [-0.4, -0.2) is 37.3 Å². The van der Waals surface area contributed by atoms with Crippen molar-refractivity contribution in [3.8, 4) is 0 Å². The van der Waals surface area contributed by atoms with Crippen LogP contribution >= 0.6 is 12.4 Å². The molecule has 2 rings (SSSR count). The molecular weight excluding hydrogens is 315 g/mol. The standard InChI is InChI=1S/C13H15F5N2.ClH/c14-10-5-9(6-11(15)7-10)12(8-13(16,17)18)20-3-1-19-2-4-20;/h5-7,12,19H,1-4,8H2;1H/t12-;/m0./s1. The van der Waals surface area contributed by atoms with Crippen LogP contribution in [0.1, 0.15) is 18.0 Å². The number of hydrogen-bond acceptors (Lipinski definition) is 2. The predicted molar refractivity (Wildman–Crippen MR) is 71.5 cm³/mol. The lowest BCUT2D eigenvalue weighted by molar-refractivity contribution is -0.148. The first kappa shape index (κ1) is 18.1. The maximum atomic E-state index is 13.2. The minimum absolute atomic E-state index is 0. The van der Waals surface area contributed by atoms with Crippen LogP contribution in [0.5, 0.6) is 0 Å². The monoisotopic (exact) mass is 330 g/mol. The van der Waals surface area contributed by atoms with Gasteiger partial charge in [0.25, 0.3) is 0 Å². The van der Waals surface area contributed by atoms with Crippen LogP contribution in [-0.2, 0) is 0 Å². The molecule has 0 unspecified atom stereocenters. The van der Waals surface area contributed by atoms with E-state index in [1.807, 2.05) is 0 Å². The van der Waals surface area contributed by atoms with Gasteiger partial charge in [-0.25, -0.2) is 8.78 Å². The summed E-state index contributed by atoms with van der Waals surface area (Å²) in [4.78, 5) is 1.61. The summed E-state index contributed by atoms with van der Waals surface area (Å²) in [5.41, 5.74) is 0.0294. The quantitative estimate of drug-likeness (QED) is 0.856. The predicted octanol–water partition coefficient (Wildman–Crippen LogP) is 3.29. The lowest BCUT2D eigenvalue weighted by Crippen LogP contribution is -2.46. The summed E-state index contributed by atoms with van der Waals surface area (Å²) in [6.07, 6.45) is -5.51. The summed E-state index contributed by atoms with van der Waals surface area (Å²) < 4.78 is 64.6. The fraction of sp³-hybridized carbons (Fsp3) is 0.538. The molecule has 2 nitrogen and oxygen atoms in total. The zero-order valence-corrected chi connectivity index (χ0v) is 11.9. The fourth-order valence-corrected chi connectivity index (χ4v) is 2.44. The zero-order chi connectivity index (χ0) is 14.8. The first-order valence-corrected chi connectivity index (χ1v) is 6.33. The van der Waals surface area contributed by atoms with Gasteiger partial charge < -0.3 is 5.32 Å². The van der Waals surface area contributed by atoms with E-state index in [2.05, 4.69) is 5.32 Å². The number of nitrogens with zero attached hydrogens (tertiary/aromatic N) is 1. The number of piperazine rings is 1. The SMILES string of the molecule is Cl.Fc1cc(F)cc([C@H](CC(F)(F)F)N2CCNCC2)c1. The lowest BCUT2D eigenvalue weighted by atomic mass is 10.0. The lowest BCUT2D eigenvalue weighted by Gasteiger charge is -2.35. The van der Waals surface area contributed by atoms with Gasteiger partial charge >= 0.3 is 6.18 Å². The van der Waals surface area contributed by atoms with Crippen molar-refractivity contribution in [2.75, 3.05) is 26.2 Å². The molecule has 1 N–H and O–H groups in total. The van der Waals surface area contributed by atoms with E-state index in [9.17, 15) is 22.0 Å². The third-order valence-corrected chi connectivity index (χ3v) is 3.29. The third-order valence-electron chi connectivity index (χ3n) is 3.29. The number of rotatable bonds is 3. The molecule has 1 heterocycles. The number of halogens is 6. The molecule has 120 valence electrons. The van der Waals surface area contributed by atoms with Gasteiger partial charge in [-0.1, -0.05) is 0 Å².